The molecule has 0 aromatic heterocycles. The summed E-state index contributed by atoms with van der Waals surface area (Å²) in [5, 5.41) is 0. The van der Waals surface area contributed by atoms with Crippen LogP contribution in [0.15, 0.2) is 83.8 Å². The van der Waals surface area contributed by atoms with E-state index in [4.69, 9.17) is 4.74 Å². The van der Waals surface area contributed by atoms with Crippen LogP contribution < -0.4 is 0 Å². The van der Waals surface area contributed by atoms with Crippen molar-refractivity contribution in [3.8, 4) is 0 Å². The van der Waals surface area contributed by atoms with Crippen LogP contribution in [0.3, 0.4) is 0 Å². The normalized spacial score (nSPS) is 11.4. The van der Waals surface area contributed by atoms with Crippen molar-refractivity contribution in [1.82, 2.24) is 4.31 Å². The lowest BCUT2D eigenvalue weighted by Gasteiger charge is -2.21. The van der Waals surface area contributed by atoms with Gasteiger partial charge in [-0.25, -0.2) is 8.42 Å². The van der Waals surface area contributed by atoms with Crippen LogP contribution in [-0.2, 0) is 37.2 Å². The largest absolute Gasteiger partial charge is 0.392 e. The SMILES string of the molecule is Cc1ccc(S(=O)(=O)N(CCc2ccccc2)CC(=O)OC(=O)Cc2ccc(I)cc2)cc1. The van der Waals surface area contributed by atoms with E-state index in [-0.39, 0.29) is 17.9 Å². The van der Waals surface area contributed by atoms with Crippen LogP contribution in [0, 0.1) is 10.5 Å². The van der Waals surface area contributed by atoms with Gasteiger partial charge < -0.3 is 4.74 Å². The van der Waals surface area contributed by atoms with Crippen LogP contribution in [0.25, 0.3) is 0 Å². The van der Waals surface area contributed by atoms with Gasteiger partial charge in [0.1, 0.15) is 6.54 Å². The van der Waals surface area contributed by atoms with E-state index >= 15 is 0 Å². The van der Waals surface area contributed by atoms with E-state index in [0.29, 0.717) is 12.0 Å². The van der Waals surface area contributed by atoms with Crippen LogP contribution in [0.5, 0.6) is 0 Å². The second-order valence-corrected chi connectivity index (χ2v) is 10.7. The summed E-state index contributed by atoms with van der Waals surface area (Å²) in [4.78, 5) is 24.8. The highest BCUT2D eigenvalue weighted by Crippen LogP contribution is 2.18. The van der Waals surface area contributed by atoms with Gasteiger partial charge in [0, 0.05) is 10.1 Å². The molecule has 0 saturated heterocycles. The van der Waals surface area contributed by atoms with E-state index < -0.39 is 28.5 Å². The molecule has 0 bridgehead atoms. The van der Waals surface area contributed by atoms with Gasteiger partial charge >= 0.3 is 11.9 Å². The number of aryl methyl sites for hydroxylation is 1. The van der Waals surface area contributed by atoms with E-state index in [9.17, 15) is 18.0 Å². The topological polar surface area (TPSA) is 80.8 Å². The third-order valence-corrected chi connectivity index (χ3v) is 7.52. The Morgan fingerprint density at radius 1 is 0.848 bits per heavy atom. The first-order valence-electron chi connectivity index (χ1n) is 10.3. The predicted molar refractivity (Wildman–Crippen MR) is 134 cm³/mol. The number of benzene rings is 3. The van der Waals surface area contributed by atoms with Crippen LogP contribution >= 0.6 is 22.6 Å². The molecule has 0 atom stereocenters. The van der Waals surface area contributed by atoms with Crippen molar-refractivity contribution >= 4 is 44.6 Å². The number of carbonyl (C=O) groups is 2. The first-order valence-corrected chi connectivity index (χ1v) is 12.8. The van der Waals surface area contributed by atoms with Crippen molar-refractivity contribution in [1.29, 1.82) is 0 Å². The van der Waals surface area contributed by atoms with E-state index in [0.717, 1.165) is 19.0 Å². The Hall–Kier alpha value is -2.56. The summed E-state index contributed by atoms with van der Waals surface area (Å²) in [7, 11) is -3.96. The minimum absolute atomic E-state index is 0.0701. The molecule has 0 N–H and O–H groups in total. The lowest BCUT2D eigenvalue weighted by Crippen LogP contribution is -2.38. The van der Waals surface area contributed by atoms with Crippen LogP contribution in [-0.4, -0.2) is 37.8 Å². The molecule has 0 fully saturated rings. The number of rotatable bonds is 9. The molecular weight excluding hydrogens is 553 g/mol. The van der Waals surface area contributed by atoms with Gasteiger partial charge in [-0.2, -0.15) is 4.31 Å². The zero-order valence-corrected chi connectivity index (χ0v) is 21.1. The minimum Gasteiger partial charge on any atom is -0.392 e. The number of ether oxygens (including phenoxy) is 1. The summed E-state index contributed by atoms with van der Waals surface area (Å²) in [5.74, 6) is -1.63. The maximum absolute atomic E-state index is 13.2. The maximum atomic E-state index is 13.2. The Labute approximate surface area is 207 Å². The molecule has 0 amide bonds. The van der Waals surface area contributed by atoms with Gasteiger partial charge in [-0.1, -0.05) is 60.2 Å². The molecule has 33 heavy (non-hydrogen) atoms. The third kappa shape index (κ3) is 7.48. The Bertz CT molecular complexity index is 1190. The maximum Gasteiger partial charge on any atom is 0.328 e. The number of carbonyl (C=O) groups excluding carboxylic acids is 2. The number of esters is 2. The van der Waals surface area contributed by atoms with Crippen LogP contribution in [0.1, 0.15) is 16.7 Å². The average Bonchev–Trinajstić information content (AvgIpc) is 2.79. The number of sulfonamides is 1. The summed E-state index contributed by atoms with van der Waals surface area (Å²) in [6.07, 6.45) is 0.340. The lowest BCUT2D eigenvalue weighted by atomic mass is 10.1. The zero-order chi connectivity index (χ0) is 23.8. The molecule has 0 unspecified atom stereocenters. The quantitative estimate of drug-likeness (QED) is 0.217. The van der Waals surface area contributed by atoms with Crippen molar-refractivity contribution in [3.63, 3.8) is 0 Å². The van der Waals surface area contributed by atoms with Gasteiger partial charge in [0.2, 0.25) is 10.0 Å². The molecule has 0 aliphatic rings. The zero-order valence-electron chi connectivity index (χ0n) is 18.1. The summed E-state index contributed by atoms with van der Waals surface area (Å²) in [5.41, 5.74) is 2.57. The lowest BCUT2D eigenvalue weighted by molar-refractivity contribution is -0.159. The fourth-order valence-electron chi connectivity index (χ4n) is 3.15. The average molecular weight is 577 g/mol. The molecule has 6 nitrogen and oxygen atoms in total. The molecular formula is C25H24INO5S. The Morgan fingerprint density at radius 3 is 2.12 bits per heavy atom. The molecule has 3 rings (SSSR count). The van der Waals surface area contributed by atoms with E-state index in [1.165, 1.54) is 12.1 Å². The fourth-order valence-corrected chi connectivity index (χ4v) is 4.90. The van der Waals surface area contributed by atoms with Gasteiger partial charge in [0.05, 0.1) is 11.3 Å². The van der Waals surface area contributed by atoms with Gasteiger partial charge in [-0.05, 0) is 71.3 Å². The highest BCUT2D eigenvalue weighted by atomic mass is 127. The van der Waals surface area contributed by atoms with Crippen molar-refractivity contribution in [2.45, 2.75) is 24.7 Å². The van der Waals surface area contributed by atoms with Crippen molar-refractivity contribution < 1.29 is 22.7 Å². The van der Waals surface area contributed by atoms with Crippen LogP contribution in [0.4, 0.5) is 0 Å². The summed E-state index contributed by atoms with van der Waals surface area (Å²) >= 11 is 2.16. The molecule has 0 aliphatic heterocycles. The summed E-state index contributed by atoms with van der Waals surface area (Å²) in [6.45, 7) is 1.38. The highest BCUT2D eigenvalue weighted by molar-refractivity contribution is 14.1. The molecule has 3 aromatic carbocycles. The van der Waals surface area contributed by atoms with Gasteiger partial charge in [-0.15, -0.1) is 0 Å². The standard InChI is InChI=1S/C25H24INO5S/c1-19-7-13-23(14-8-19)33(30,31)27(16-15-20-5-3-2-4-6-20)18-25(29)32-24(28)17-21-9-11-22(26)12-10-21/h2-14H,15-18H2,1H3. The number of nitrogens with zero attached hydrogens (tertiary/aromatic N) is 1. The van der Waals surface area contributed by atoms with Gasteiger partial charge in [0.15, 0.2) is 0 Å². The van der Waals surface area contributed by atoms with E-state index in [1.54, 1.807) is 24.3 Å². The van der Waals surface area contributed by atoms with Crippen molar-refractivity contribution in [2.75, 3.05) is 13.1 Å². The molecule has 8 heteroatoms. The second-order valence-electron chi connectivity index (χ2n) is 7.54. The molecule has 0 aliphatic carbocycles. The predicted octanol–water partition coefficient (Wildman–Crippen LogP) is 4.15. The molecule has 0 heterocycles. The Morgan fingerprint density at radius 2 is 1.48 bits per heavy atom. The minimum atomic E-state index is -3.96. The molecule has 0 spiro atoms. The smallest absolute Gasteiger partial charge is 0.328 e. The number of halogens is 1. The fraction of sp³-hybridized carbons (Fsp3) is 0.200. The van der Waals surface area contributed by atoms with E-state index in [2.05, 4.69) is 22.6 Å². The first-order chi connectivity index (χ1) is 15.7. The monoisotopic (exact) mass is 577 g/mol. The Kier molecular flexibility index (Phi) is 8.76. The molecule has 3 aromatic rings. The van der Waals surface area contributed by atoms with E-state index in [1.807, 2.05) is 49.4 Å². The van der Waals surface area contributed by atoms with Crippen LogP contribution in [0.2, 0.25) is 0 Å². The second kappa shape index (κ2) is 11.5. The molecule has 0 saturated carbocycles. The first kappa shape index (κ1) is 25.1. The Balaban J connectivity index is 1.72. The highest BCUT2D eigenvalue weighted by Gasteiger charge is 2.28. The summed E-state index contributed by atoms with van der Waals surface area (Å²) in [6, 6.07) is 23.1. The van der Waals surface area contributed by atoms with Crippen molar-refractivity contribution in [3.05, 3.63) is 99.1 Å². The molecule has 0 radical (unpaired) electrons. The molecule has 172 valence electrons. The van der Waals surface area contributed by atoms with Gasteiger partial charge in [0.25, 0.3) is 0 Å². The summed E-state index contributed by atoms with van der Waals surface area (Å²) < 4.78 is 33.5. The van der Waals surface area contributed by atoms with Crippen molar-refractivity contribution in [2.24, 2.45) is 0 Å². The number of hydrogen-bond donors (Lipinski definition) is 0. The third-order valence-electron chi connectivity index (χ3n) is 4.95. The van der Waals surface area contributed by atoms with Gasteiger partial charge in [-0.3, -0.25) is 9.59 Å². The number of hydrogen-bond acceptors (Lipinski definition) is 5.